The molecule has 0 unspecified atom stereocenters. The molecule has 0 bridgehead atoms. The van der Waals surface area contributed by atoms with Crippen LogP contribution in [0.15, 0.2) is 73.3 Å². The van der Waals surface area contributed by atoms with Gasteiger partial charge in [0, 0.05) is 24.7 Å². The summed E-state index contributed by atoms with van der Waals surface area (Å²) in [7, 11) is 0. The zero-order valence-electron chi connectivity index (χ0n) is 20.6. The molecule has 0 aromatic heterocycles. The standard InChI is InChI=1S/C31H35FO3/c1-3-5-6-8-23-10-13-25(14-11-23)29-17-15-26(22-30(29)32)28-16-12-24(9-7-19-33)21-27(28)18-20-35-31(34)4-2/h4,10-17,21-22,33H,2-3,5-9,18-20H2,1H3. The highest BCUT2D eigenvalue weighted by atomic mass is 19.1. The Morgan fingerprint density at radius 3 is 2.26 bits per heavy atom. The molecular formula is C31H35FO3. The Labute approximate surface area is 208 Å². The number of aryl methyl sites for hydroxylation is 2. The van der Waals surface area contributed by atoms with Gasteiger partial charge in [0.25, 0.3) is 0 Å². The summed E-state index contributed by atoms with van der Waals surface area (Å²) in [5.74, 6) is -0.732. The van der Waals surface area contributed by atoms with Crippen LogP contribution < -0.4 is 0 Å². The van der Waals surface area contributed by atoms with E-state index in [4.69, 9.17) is 9.84 Å². The maximum absolute atomic E-state index is 15.2. The largest absolute Gasteiger partial charge is 0.462 e. The molecule has 1 N–H and O–H groups in total. The van der Waals surface area contributed by atoms with Crippen molar-refractivity contribution in [3.05, 3.63) is 95.8 Å². The van der Waals surface area contributed by atoms with Crippen molar-refractivity contribution in [2.75, 3.05) is 13.2 Å². The van der Waals surface area contributed by atoms with E-state index < -0.39 is 5.97 Å². The first kappa shape index (κ1) is 26.4. The molecule has 3 aromatic rings. The third-order valence-corrected chi connectivity index (χ3v) is 6.19. The molecule has 0 aliphatic carbocycles. The number of ether oxygens (including phenoxy) is 1. The van der Waals surface area contributed by atoms with Gasteiger partial charge in [0.05, 0.1) is 6.61 Å². The molecule has 0 radical (unpaired) electrons. The number of carbonyl (C=O) groups is 1. The van der Waals surface area contributed by atoms with Crippen molar-refractivity contribution in [3.8, 4) is 22.3 Å². The smallest absolute Gasteiger partial charge is 0.330 e. The van der Waals surface area contributed by atoms with Crippen LogP contribution in [0.25, 0.3) is 22.3 Å². The molecule has 3 rings (SSSR count). The van der Waals surface area contributed by atoms with Gasteiger partial charge in [-0.2, -0.15) is 0 Å². The number of carbonyl (C=O) groups excluding carboxylic acids is 1. The summed E-state index contributed by atoms with van der Waals surface area (Å²) in [6.45, 7) is 5.96. The Morgan fingerprint density at radius 2 is 1.57 bits per heavy atom. The molecule has 0 saturated heterocycles. The van der Waals surface area contributed by atoms with Gasteiger partial charge in [-0.25, -0.2) is 9.18 Å². The maximum Gasteiger partial charge on any atom is 0.330 e. The topological polar surface area (TPSA) is 46.5 Å². The van der Waals surface area contributed by atoms with E-state index in [0.717, 1.165) is 46.7 Å². The molecule has 0 fully saturated rings. The molecule has 0 aliphatic heterocycles. The van der Waals surface area contributed by atoms with Gasteiger partial charge in [-0.05, 0) is 65.1 Å². The molecule has 0 heterocycles. The third-order valence-electron chi connectivity index (χ3n) is 6.19. The quantitative estimate of drug-likeness (QED) is 0.163. The van der Waals surface area contributed by atoms with Crippen LogP contribution in [-0.4, -0.2) is 24.3 Å². The molecule has 0 atom stereocenters. The Kier molecular flexibility index (Phi) is 10.2. The Morgan fingerprint density at radius 1 is 0.886 bits per heavy atom. The summed E-state index contributed by atoms with van der Waals surface area (Å²) in [6, 6.07) is 19.6. The fourth-order valence-corrected chi connectivity index (χ4v) is 4.24. The second-order valence-electron chi connectivity index (χ2n) is 8.79. The first-order valence-corrected chi connectivity index (χ1v) is 12.5. The highest BCUT2D eigenvalue weighted by Gasteiger charge is 2.12. The lowest BCUT2D eigenvalue weighted by Gasteiger charge is -2.14. The van der Waals surface area contributed by atoms with Crippen molar-refractivity contribution < 1.29 is 19.0 Å². The minimum absolute atomic E-state index is 0.125. The Balaban J connectivity index is 1.83. The van der Waals surface area contributed by atoms with Gasteiger partial charge in [0.15, 0.2) is 0 Å². The van der Waals surface area contributed by atoms with E-state index in [1.165, 1.54) is 24.8 Å². The minimum Gasteiger partial charge on any atom is -0.462 e. The van der Waals surface area contributed by atoms with E-state index >= 15 is 4.39 Å². The normalized spacial score (nSPS) is 10.8. The van der Waals surface area contributed by atoms with Gasteiger partial charge in [-0.3, -0.25) is 0 Å². The zero-order chi connectivity index (χ0) is 25.0. The van der Waals surface area contributed by atoms with Crippen molar-refractivity contribution in [1.29, 1.82) is 0 Å². The molecular weight excluding hydrogens is 439 g/mol. The predicted molar refractivity (Wildman–Crippen MR) is 141 cm³/mol. The van der Waals surface area contributed by atoms with Crippen molar-refractivity contribution in [1.82, 2.24) is 0 Å². The van der Waals surface area contributed by atoms with Crippen LogP contribution in [-0.2, 0) is 28.8 Å². The summed E-state index contributed by atoms with van der Waals surface area (Å²) < 4.78 is 20.4. The van der Waals surface area contributed by atoms with Gasteiger partial charge in [0.2, 0.25) is 0 Å². The number of hydrogen-bond acceptors (Lipinski definition) is 3. The monoisotopic (exact) mass is 474 g/mol. The zero-order valence-corrected chi connectivity index (χ0v) is 20.6. The third kappa shape index (κ3) is 7.63. The van der Waals surface area contributed by atoms with E-state index in [1.807, 2.05) is 36.4 Å². The second kappa shape index (κ2) is 13.6. The lowest BCUT2D eigenvalue weighted by Crippen LogP contribution is -2.06. The van der Waals surface area contributed by atoms with Gasteiger partial charge in [-0.15, -0.1) is 0 Å². The average Bonchev–Trinajstić information content (AvgIpc) is 2.88. The van der Waals surface area contributed by atoms with Gasteiger partial charge >= 0.3 is 5.97 Å². The van der Waals surface area contributed by atoms with Gasteiger partial charge in [0.1, 0.15) is 5.82 Å². The molecule has 4 heteroatoms. The minimum atomic E-state index is -0.463. The van der Waals surface area contributed by atoms with E-state index in [0.29, 0.717) is 18.4 Å². The predicted octanol–water partition coefficient (Wildman–Crippen LogP) is 7.09. The van der Waals surface area contributed by atoms with E-state index in [1.54, 1.807) is 6.07 Å². The molecule has 35 heavy (non-hydrogen) atoms. The number of unbranched alkanes of at least 4 members (excludes halogenated alkanes) is 2. The van der Waals surface area contributed by atoms with Crippen LogP contribution in [0.4, 0.5) is 4.39 Å². The molecule has 3 aromatic carbocycles. The summed E-state index contributed by atoms with van der Waals surface area (Å²) in [5, 5.41) is 9.16. The molecule has 0 amide bonds. The van der Waals surface area contributed by atoms with Crippen LogP contribution >= 0.6 is 0 Å². The number of aliphatic hydroxyl groups is 1. The van der Waals surface area contributed by atoms with Crippen LogP contribution in [0.3, 0.4) is 0 Å². The fourth-order valence-electron chi connectivity index (χ4n) is 4.24. The van der Waals surface area contributed by atoms with Crippen LogP contribution in [0.5, 0.6) is 0 Å². The number of halogens is 1. The first-order valence-electron chi connectivity index (χ1n) is 12.5. The van der Waals surface area contributed by atoms with Crippen LogP contribution in [0, 0.1) is 5.82 Å². The Hall–Kier alpha value is -3.24. The van der Waals surface area contributed by atoms with Gasteiger partial charge < -0.3 is 9.84 Å². The van der Waals surface area contributed by atoms with Crippen molar-refractivity contribution >= 4 is 5.97 Å². The number of rotatable bonds is 13. The molecule has 0 saturated carbocycles. The number of benzene rings is 3. The summed E-state index contributed by atoms with van der Waals surface area (Å²) >= 11 is 0. The molecule has 184 valence electrons. The second-order valence-corrected chi connectivity index (χ2v) is 8.79. The molecule has 3 nitrogen and oxygen atoms in total. The SMILES string of the molecule is C=CC(=O)OCCc1cc(CCCO)ccc1-c1ccc(-c2ccc(CCCCC)cc2)c(F)c1. The molecule has 0 aliphatic rings. The Bertz CT molecular complexity index is 1120. The van der Waals surface area contributed by atoms with Crippen molar-refractivity contribution in [2.45, 2.75) is 51.9 Å². The van der Waals surface area contributed by atoms with E-state index in [-0.39, 0.29) is 19.0 Å². The van der Waals surface area contributed by atoms with Gasteiger partial charge in [-0.1, -0.05) is 80.9 Å². The molecule has 0 spiro atoms. The fraction of sp³-hybridized carbons (Fsp3) is 0.323. The van der Waals surface area contributed by atoms with Crippen LogP contribution in [0.1, 0.15) is 49.3 Å². The number of aliphatic hydroxyl groups excluding tert-OH is 1. The van der Waals surface area contributed by atoms with Crippen molar-refractivity contribution in [3.63, 3.8) is 0 Å². The average molecular weight is 475 g/mol. The lowest BCUT2D eigenvalue weighted by molar-refractivity contribution is -0.137. The van der Waals surface area contributed by atoms with Crippen LogP contribution in [0.2, 0.25) is 0 Å². The maximum atomic E-state index is 15.2. The van der Waals surface area contributed by atoms with Crippen molar-refractivity contribution in [2.24, 2.45) is 0 Å². The lowest BCUT2D eigenvalue weighted by atomic mass is 9.92. The highest BCUT2D eigenvalue weighted by Crippen LogP contribution is 2.31. The highest BCUT2D eigenvalue weighted by molar-refractivity contribution is 5.81. The number of esters is 1. The summed E-state index contributed by atoms with van der Waals surface area (Å²) in [4.78, 5) is 11.5. The first-order chi connectivity index (χ1) is 17.0. The van der Waals surface area contributed by atoms with E-state index in [2.05, 4.69) is 31.7 Å². The summed E-state index contributed by atoms with van der Waals surface area (Å²) in [5.41, 5.74) is 6.47. The number of hydrogen-bond donors (Lipinski definition) is 1. The van der Waals surface area contributed by atoms with E-state index in [9.17, 15) is 4.79 Å². The summed E-state index contributed by atoms with van der Waals surface area (Å²) in [6.07, 6.45) is 7.71.